The fourth-order valence-electron chi connectivity index (χ4n) is 1.32. The van der Waals surface area contributed by atoms with Gasteiger partial charge in [0.25, 0.3) is 0 Å². The summed E-state index contributed by atoms with van der Waals surface area (Å²) >= 11 is 4.57. The van der Waals surface area contributed by atoms with Crippen molar-refractivity contribution in [2.24, 2.45) is 10.8 Å². The second kappa shape index (κ2) is 6.50. The molecular formula is C10H12N4O4S. The quantitative estimate of drug-likeness (QED) is 0.355. The highest BCUT2D eigenvalue weighted by Crippen LogP contribution is 2.33. The van der Waals surface area contributed by atoms with Gasteiger partial charge in [0.05, 0.1) is 25.4 Å². The second-order valence-corrected chi connectivity index (χ2v) is 3.70. The maximum atomic E-state index is 10.9. The Bertz CT molecular complexity index is 533. The van der Waals surface area contributed by atoms with Gasteiger partial charge in [-0.15, -0.1) is 0 Å². The number of ether oxygens (including phenoxy) is 2. The van der Waals surface area contributed by atoms with Gasteiger partial charge in [-0.2, -0.15) is 5.10 Å². The first-order chi connectivity index (χ1) is 8.99. The van der Waals surface area contributed by atoms with Crippen LogP contribution in [0.1, 0.15) is 5.56 Å². The second-order valence-electron chi connectivity index (χ2n) is 3.26. The van der Waals surface area contributed by atoms with Crippen LogP contribution in [0.25, 0.3) is 0 Å². The van der Waals surface area contributed by atoms with Gasteiger partial charge in [-0.25, -0.2) is 0 Å². The van der Waals surface area contributed by atoms with Crippen LogP contribution in [0.2, 0.25) is 0 Å². The Morgan fingerprint density at radius 1 is 1.47 bits per heavy atom. The van der Waals surface area contributed by atoms with Crippen LogP contribution in [0.5, 0.6) is 11.5 Å². The van der Waals surface area contributed by atoms with Gasteiger partial charge < -0.3 is 15.2 Å². The van der Waals surface area contributed by atoms with E-state index in [0.29, 0.717) is 11.3 Å². The van der Waals surface area contributed by atoms with Crippen LogP contribution in [0.3, 0.4) is 0 Å². The van der Waals surface area contributed by atoms with E-state index in [0.717, 1.165) is 0 Å². The van der Waals surface area contributed by atoms with E-state index in [1.54, 1.807) is 0 Å². The maximum Gasteiger partial charge on any atom is 0.311 e. The Morgan fingerprint density at radius 3 is 2.58 bits per heavy atom. The fraction of sp³-hybridized carbons (Fsp3) is 0.200. The molecule has 0 aliphatic heterocycles. The van der Waals surface area contributed by atoms with Crippen molar-refractivity contribution in [3.8, 4) is 11.5 Å². The third-order valence-corrected chi connectivity index (χ3v) is 2.20. The molecule has 0 atom stereocenters. The average Bonchev–Trinajstić information content (AvgIpc) is 2.37. The summed E-state index contributed by atoms with van der Waals surface area (Å²) in [5.74, 6) is 0.470. The number of hydrogen-bond acceptors (Lipinski definition) is 6. The minimum Gasteiger partial charge on any atom is -0.496 e. The number of nitrogens with one attached hydrogen (secondary N) is 1. The van der Waals surface area contributed by atoms with Crippen LogP contribution in [0, 0.1) is 10.1 Å². The highest BCUT2D eigenvalue weighted by atomic mass is 32.1. The zero-order valence-corrected chi connectivity index (χ0v) is 11.1. The largest absolute Gasteiger partial charge is 0.496 e. The summed E-state index contributed by atoms with van der Waals surface area (Å²) in [5.41, 5.74) is 7.74. The molecule has 0 aliphatic rings. The summed E-state index contributed by atoms with van der Waals surface area (Å²) in [4.78, 5) is 10.3. The van der Waals surface area contributed by atoms with E-state index >= 15 is 0 Å². The van der Waals surface area contributed by atoms with Crippen molar-refractivity contribution in [2.75, 3.05) is 14.2 Å². The van der Waals surface area contributed by atoms with E-state index in [9.17, 15) is 10.1 Å². The van der Waals surface area contributed by atoms with Gasteiger partial charge in [0.2, 0.25) is 5.75 Å². The molecule has 0 saturated heterocycles. The van der Waals surface area contributed by atoms with Gasteiger partial charge in [0.1, 0.15) is 5.75 Å². The van der Waals surface area contributed by atoms with Crippen molar-refractivity contribution in [3.05, 3.63) is 27.8 Å². The summed E-state index contributed by atoms with van der Waals surface area (Å²) in [6, 6.07) is 2.68. The average molecular weight is 284 g/mol. The molecule has 0 fully saturated rings. The summed E-state index contributed by atoms with van der Waals surface area (Å²) in [6.07, 6.45) is 1.31. The standard InChI is InChI=1S/C10H12N4O4S/c1-17-8-4-9(18-2)7(14(15)16)3-6(8)5-12-13-10(11)19/h3-5H,1-2H3,(H3,11,13,19)/b12-5-. The van der Waals surface area contributed by atoms with Crippen molar-refractivity contribution in [3.63, 3.8) is 0 Å². The van der Waals surface area contributed by atoms with Gasteiger partial charge in [-0.3, -0.25) is 15.5 Å². The van der Waals surface area contributed by atoms with E-state index < -0.39 is 4.92 Å². The van der Waals surface area contributed by atoms with Gasteiger partial charge in [-0.05, 0) is 12.2 Å². The SMILES string of the molecule is COc1cc(OC)c([N+](=O)[O-])cc1/C=N\NC(N)=S. The zero-order chi connectivity index (χ0) is 14.4. The molecule has 0 bridgehead atoms. The van der Waals surface area contributed by atoms with Crippen molar-refractivity contribution in [2.45, 2.75) is 0 Å². The Kier molecular flexibility index (Phi) is 5.01. The molecule has 8 nitrogen and oxygen atoms in total. The molecule has 0 aliphatic carbocycles. The number of hydrazone groups is 1. The molecule has 9 heteroatoms. The van der Waals surface area contributed by atoms with Crippen molar-refractivity contribution >= 4 is 29.2 Å². The molecule has 1 aromatic rings. The summed E-state index contributed by atoms with van der Waals surface area (Å²) < 4.78 is 10.0. The van der Waals surface area contributed by atoms with Gasteiger partial charge in [0.15, 0.2) is 5.11 Å². The zero-order valence-electron chi connectivity index (χ0n) is 10.2. The number of nitrogens with zero attached hydrogens (tertiary/aromatic N) is 2. The molecule has 0 radical (unpaired) electrons. The Hall–Kier alpha value is -2.42. The lowest BCUT2D eigenvalue weighted by Gasteiger charge is -2.08. The first-order valence-electron chi connectivity index (χ1n) is 4.98. The Balaban J connectivity index is 3.21. The number of hydrogen-bond donors (Lipinski definition) is 2. The molecule has 102 valence electrons. The predicted octanol–water partition coefficient (Wildman–Crippen LogP) is 0.779. The lowest BCUT2D eigenvalue weighted by atomic mass is 10.1. The monoisotopic (exact) mass is 284 g/mol. The molecule has 0 aromatic heterocycles. The van der Waals surface area contributed by atoms with Crippen molar-refractivity contribution < 1.29 is 14.4 Å². The number of nitro groups is 1. The predicted molar refractivity (Wildman–Crippen MR) is 73.7 cm³/mol. The number of benzene rings is 1. The number of nitrogens with two attached hydrogens (primary N) is 1. The molecule has 0 unspecified atom stereocenters. The Labute approximate surface area is 114 Å². The molecule has 0 saturated carbocycles. The molecule has 19 heavy (non-hydrogen) atoms. The molecule has 1 aromatic carbocycles. The summed E-state index contributed by atoms with van der Waals surface area (Å²) in [5, 5.41) is 14.6. The van der Waals surface area contributed by atoms with Gasteiger partial charge in [-0.1, -0.05) is 0 Å². The molecule has 3 N–H and O–H groups in total. The first kappa shape index (κ1) is 14.6. The minimum atomic E-state index is -0.559. The number of nitro benzene ring substituents is 1. The van der Waals surface area contributed by atoms with Crippen LogP contribution in [-0.2, 0) is 0 Å². The number of rotatable bonds is 5. The third-order valence-electron chi connectivity index (χ3n) is 2.11. The lowest BCUT2D eigenvalue weighted by molar-refractivity contribution is -0.385. The van der Waals surface area contributed by atoms with Crippen molar-refractivity contribution in [1.29, 1.82) is 0 Å². The van der Waals surface area contributed by atoms with Crippen LogP contribution in [0.4, 0.5) is 5.69 Å². The molecule has 0 heterocycles. The lowest BCUT2D eigenvalue weighted by Crippen LogP contribution is -2.24. The third kappa shape index (κ3) is 3.78. The number of methoxy groups -OCH3 is 2. The van der Waals surface area contributed by atoms with Crippen LogP contribution < -0.4 is 20.6 Å². The van der Waals surface area contributed by atoms with Crippen LogP contribution >= 0.6 is 12.2 Å². The highest BCUT2D eigenvalue weighted by Gasteiger charge is 2.18. The number of thiocarbonyl (C=S) groups is 1. The van der Waals surface area contributed by atoms with Gasteiger partial charge >= 0.3 is 5.69 Å². The highest BCUT2D eigenvalue weighted by molar-refractivity contribution is 7.80. The van der Waals surface area contributed by atoms with Crippen LogP contribution in [0.15, 0.2) is 17.2 Å². The van der Waals surface area contributed by atoms with E-state index in [2.05, 4.69) is 22.7 Å². The topological polar surface area (TPSA) is 112 Å². The normalized spacial score (nSPS) is 10.2. The molecule has 1 rings (SSSR count). The summed E-state index contributed by atoms with van der Waals surface area (Å²) in [7, 11) is 2.77. The minimum absolute atomic E-state index is 0.0155. The van der Waals surface area contributed by atoms with Gasteiger partial charge in [0, 0.05) is 17.7 Å². The maximum absolute atomic E-state index is 10.9. The van der Waals surface area contributed by atoms with E-state index in [4.69, 9.17) is 15.2 Å². The molecule has 0 amide bonds. The summed E-state index contributed by atoms with van der Waals surface area (Å²) in [6.45, 7) is 0. The van der Waals surface area contributed by atoms with E-state index in [1.165, 1.54) is 32.6 Å². The molecular weight excluding hydrogens is 272 g/mol. The van der Waals surface area contributed by atoms with Crippen LogP contribution in [-0.4, -0.2) is 30.5 Å². The first-order valence-corrected chi connectivity index (χ1v) is 5.39. The molecule has 0 spiro atoms. The van der Waals surface area contributed by atoms with E-state index in [-0.39, 0.29) is 16.5 Å². The van der Waals surface area contributed by atoms with E-state index in [1.807, 2.05) is 0 Å². The fourth-order valence-corrected chi connectivity index (χ4v) is 1.37. The van der Waals surface area contributed by atoms with Crippen molar-refractivity contribution in [1.82, 2.24) is 5.43 Å². The Morgan fingerprint density at radius 2 is 2.11 bits per heavy atom. The smallest absolute Gasteiger partial charge is 0.311 e.